The molecule has 1 N–H and O–H groups in total. The maximum atomic E-state index is 12.6. The van der Waals surface area contributed by atoms with E-state index in [0.717, 1.165) is 5.56 Å². The number of benzene rings is 2. The maximum absolute atomic E-state index is 12.6. The number of aryl methyl sites for hydroxylation is 2. The number of hydrogen-bond acceptors (Lipinski definition) is 3. The van der Waals surface area contributed by atoms with Gasteiger partial charge in [0.1, 0.15) is 5.75 Å². The first-order chi connectivity index (χ1) is 13.8. The van der Waals surface area contributed by atoms with Crippen molar-refractivity contribution < 1.29 is 14.3 Å². The van der Waals surface area contributed by atoms with E-state index in [4.69, 9.17) is 27.9 Å². The van der Waals surface area contributed by atoms with Crippen LogP contribution in [0.15, 0.2) is 36.4 Å². The molecule has 0 bridgehead atoms. The van der Waals surface area contributed by atoms with Gasteiger partial charge in [-0.1, -0.05) is 29.3 Å². The summed E-state index contributed by atoms with van der Waals surface area (Å²) in [7, 11) is 0. The molecule has 3 rings (SSSR count). The molecule has 0 unspecified atom stereocenters. The molecular formula is C22H24Cl2N2O3. The molecule has 0 atom stereocenters. The van der Waals surface area contributed by atoms with Gasteiger partial charge >= 0.3 is 0 Å². The molecule has 29 heavy (non-hydrogen) atoms. The summed E-state index contributed by atoms with van der Waals surface area (Å²) in [6, 6.07) is 10.7. The first kappa shape index (κ1) is 21.5. The summed E-state index contributed by atoms with van der Waals surface area (Å²) >= 11 is 11.9. The van der Waals surface area contributed by atoms with Gasteiger partial charge in [-0.25, -0.2) is 0 Å². The molecule has 0 radical (unpaired) electrons. The number of amides is 2. The summed E-state index contributed by atoms with van der Waals surface area (Å²) in [6.45, 7) is 5.16. The highest BCUT2D eigenvalue weighted by atomic mass is 35.5. The molecular weight excluding hydrogens is 411 g/mol. The maximum Gasteiger partial charge on any atom is 0.258 e. The van der Waals surface area contributed by atoms with Crippen molar-refractivity contribution in [3.8, 4) is 5.75 Å². The van der Waals surface area contributed by atoms with Crippen molar-refractivity contribution in [2.24, 2.45) is 0 Å². The summed E-state index contributed by atoms with van der Waals surface area (Å²) in [5.74, 6) is 0.453. The molecule has 1 fully saturated rings. The number of hydrogen-bond donors (Lipinski definition) is 1. The summed E-state index contributed by atoms with van der Waals surface area (Å²) in [5, 5.41) is 3.78. The average molecular weight is 435 g/mol. The van der Waals surface area contributed by atoms with Crippen LogP contribution in [0.1, 0.15) is 34.3 Å². The smallest absolute Gasteiger partial charge is 0.258 e. The van der Waals surface area contributed by atoms with Gasteiger partial charge < -0.3 is 15.0 Å². The van der Waals surface area contributed by atoms with Crippen molar-refractivity contribution in [1.29, 1.82) is 0 Å². The molecule has 1 saturated heterocycles. The summed E-state index contributed by atoms with van der Waals surface area (Å²) < 4.78 is 5.58. The Morgan fingerprint density at radius 1 is 1.03 bits per heavy atom. The van der Waals surface area contributed by atoms with Crippen LogP contribution < -0.4 is 10.1 Å². The van der Waals surface area contributed by atoms with Crippen molar-refractivity contribution in [2.45, 2.75) is 32.7 Å². The van der Waals surface area contributed by atoms with Crippen LogP contribution in [0.2, 0.25) is 10.0 Å². The molecule has 0 spiro atoms. The zero-order valence-corrected chi connectivity index (χ0v) is 18.0. The van der Waals surface area contributed by atoms with Gasteiger partial charge in [0, 0.05) is 24.7 Å². The topological polar surface area (TPSA) is 58.6 Å². The fourth-order valence-electron chi connectivity index (χ4n) is 3.26. The van der Waals surface area contributed by atoms with Gasteiger partial charge in [-0.2, -0.15) is 0 Å². The number of carbonyl (C=O) groups is 2. The highest BCUT2D eigenvalue weighted by Gasteiger charge is 2.25. The van der Waals surface area contributed by atoms with E-state index in [1.165, 1.54) is 5.56 Å². The van der Waals surface area contributed by atoms with Gasteiger partial charge in [0.05, 0.1) is 10.0 Å². The van der Waals surface area contributed by atoms with E-state index in [0.29, 0.717) is 47.3 Å². The van der Waals surface area contributed by atoms with Crippen LogP contribution in [0.3, 0.4) is 0 Å². The van der Waals surface area contributed by atoms with Gasteiger partial charge in [-0.15, -0.1) is 0 Å². The van der Waals surface area contributed by atoms with E-state index in [2.05, 4.69) is 5.32 Å². The van der Waals surface area contributed by atoms with Crippen molar-refractivity contribution in [3.05, 3.63) is 63.1 Å². The Kier molecular flexibility index (Phi) is 7.04. The van der Waals surface area contributed by atoms with E-state index in [1.54, 1.807) is 23.1 Å². The van der Waals surface area contributed by atoms with E-state index in [1.807, 2.05) is 32.0 Å². The fraction of sp³-hybridized carbons (Fsp3) is 0.364. The molecule has 0 aromatic heterocycles. The number of rotatable bonds is 5. The van der Waals surface area contributed by atoms with Crippen molar-refractivity contribution in [2.75, 3.05) is 19.7 Å². The highest BCUT2D eigenvalue weighted by Crippen LogP contribution is 2.24. The molecule has 0 saturated carbocycles. The Morgan fingerprint density at radius 2 is 1.76 bits per heavy atom. The van der Waals surface area contributed by atoms with Gasteiger partial charge in [0.2, 0.25) is 0 Å². The van der Waals surface area contributed by atoms with Crippen LogP contribution in [0.4, 0.5) is 0 Å². The SMILES string of the molecule is Cc1ccc(OCC(=O)NC2CCN(C(=O)c3ccc(Cl)c(Cl)c3)CC2)cc1C. The average Bonchev–Trinajstić information content (AvgIpc) is 2.71. The predicted molar refractivity (Wildman–Crippen MR) is 115 cm³/mol. The zero-order valence-electron chi connectivity index (χ0n) is 16.5. The number of nitrogens with zero attached hydrogens (tertiary/aromatic N) is 1. The van der Waals surface area contributed by atoms with Crippen molar-refractivity contribution >= 4 is 35.0 Å². The number of halogens is 2. The molecule has 2 aromatic rings. The van der Waals surface area contributed by atoms with Crippen molar-refractivity contribution in [3.63, 3.8) is 0 Å². The van der Waals surface area contributed by atoms with Gasteiger partial charge in [-0.05, 0) is 68.1 Å². The third kappa shape index (κ3) is 5.64. The molecule has 1 aliphatic heterocycles. The third-order valence-corrected chi connectivity index (χ3v) is 5.90. The Hall–Kier alpha value is -2.24. The molecule has 2 amide bonds. The van der Waals surface area contributed by atoms with E-state index >= 15 is 0 Å². The molecule has 7 heteroatoms. The van der Waals surface area contributed by atoms with Crippen LogP contribution in [-0.2, 0) is 4.79 Å². The van der Waals surface area contributed by atoms with E-state index < -0.39 is 0 Å². The monoisotopic (exact) mass is 434 g/mol. The van der Waals surface area contributed by atoms with Crippen LogP contribution in [0, 0.1) is 13.8 Å². The minimum absolute atomic E-state index is 0.0229. The predicted octanol–water partition coefficient (Wildman–Crippen LogP) is 4.41. The van der Waals surface area contributed by atoms with Gasteiger partial charge in [-0.3, -0.25) is 9.59 Å². The summed E-state index contributed by atoms with van der Waals surface area (Å²) in [4.78, 5) is 26.6. The van der Waals surface area contributed by atoms with E-state index in [-0.39, 0.29) is 24.5 Å². The largest absolute Gasteiger partial charge is 0.484 e. The first-order valence-electron chi connectivity index (χ1n) is 9.57. The standard InChI is InChI=1S/C22H24Cl2N2O3/c1-14-3-5-18(11-15(14)2)29-13-21(27)25-17-7-9-26(10-8-17)22(28)16-4-6-19(23)20(24)12-16/h3-6,11-12,17H,7-10,13H2,1-2H3,(H,25,27). The van der Waals surface area contributed by atoms with Crippen molar-refractivity contribution in [1.82, 2.24) is 10.2 Å². The fourth-order valence-corrected chi connectivity index (χ4v) is 3.56. The lowest BCUT2D eigenvalue weighted by molar-refractivity contribution is -0.124. The lowest BCUT2D eigenvalue weighted by Crippen LogP contribution is -2.47. The van der Waals surface area contributed by atoms with Gasteiger partial charge in [0.25, 0.3) is 11.8 Å². The van der Waals surface area contributed by atoms with Crippen LogP contribution in [0.5, 0.6) is 5.75 Å². The lowest BCUT2D eigenvalue weighted by atomic mass is 10.0. The molecule has 1 aliphatic rings. The summed E-state index contributed by atoms with van der Waals surface area (Å²) in [6.07, 6.45) is 1.39. The zero-order chi connectivity index (χ0) is 21.0. The third-order valence-electron chi connectivity index (χ3n) is 5.16. The number of piperidine rings is 1. The van der Waals surface area contributed by atoms with Gasteiger partial charge in [0.15, 0.2) is 6.61 Å². The molecule has 154 valence electrons. The van der Waals surface area contributed by atoms with Crippen LogP contribution >= 0.6 is 23.2 Å². The van der Waals surface area contributed by atoms with Crippen LogP contribution in [0.25, 0.3) is 0 Å². The summed E-state index contributed by atoms with van der Waals surface area (Å²) in [5.41, 5.74) is 2.83. The Balaban J connectivity index is 1.45. The molecule has 5 nitrogen and oxygen atoms in total. The number of likely N-dealkylation sites (tertiary alicyclic amines) is 1. The minimum Gasteiger partial charge on any atom is -0.484 e. The number of carbonyl (C=O) groups excluding carboxylic acids is 2. The lowest BCUT2D eigenvalue weighted by Gasteiger charge is -2.32. The Bertz CT molecular complexity index is 909. The second-order valence-electron chi connectivity index (χ2n) is 7.30. The normalized spacial score (nSPS) is 14.6. The quantitative estimate of drug-likeness (QED) is 0.757. The number of ether oxygens (including phenoxy) is 1. The molecule has 2 aromatic carbocycles. The molecule has 1 heterocycles. The second kappa shape index (κ2) is 9.51. The highest BCUT2D eigenvalue weighted by molar-refractivity contribution is 6.42. The second-order valence-corrected chi connectivity index (χ2v) is 8.11. The van der Waals surface area contributed by atoms with Crippen LogP contribution in [-0.4, -0.2) is 42.5 Å². The molecule has 0 aliphatic carbocycles. The number of nitrogens with one attached hydrogen (secondary N) is 1. The Morgan fingerprint density at radius 3 is 2.41 bits per heavy atom. The minimum atomic E-state index is -0.155. The Labute approximate surface area is 180 Å². The van der Waals surface area contributed by atoms with E-state index in [9.17, 15) is 9.59 Å². The first-order valence-corrected chi connectivity index (χ1v) is 10.3.